The maximum absolute atomic E-state index is 12.0. The predicted octanol–water partition coefficient (Wildman–Crippen LogP) is 2.96. The minimum absolute atomic E-state index is 0.344. The zero-order chi connectivity index (χ0) is 18.7. The Labute approximate surface area is 154 Å². The minimum atomic E-state index is -0.635. The van der Waals surface area contributed by atoms with Crippen LogP contribution in [0.4, 0.5) is 0 Å². The van der Waals surface area contributed by atoms with Crippen LogP contribution in [0.3, 0.4) is 0 Å². The van der Waals surface area contributed by atoms with Gasteiger partial charge in [-0.1, -0.05) is 61.2 Å². The quantitative estimate of drug-likeness (QED) is 0.662. The van der Waals surface area contributed by atoms with Gasteiger partial charge < -0.3 is 9.47 Å². The summed E-state index contributed by atoms with van der Waals surface area (Å²) in [6.07, 6.45) is 2.30. The summed E-state index contributed by atoms with van der Waals surface area (Å²) in [5.41, 5.74) is 3.66. The van der Waals surface area contributed by atoms with E-state index in [1.807, 2.05) is 36.4 Å². The lowest BCUT2D eigenvalue weighted by atomic mass is 9.89. The molecule has 0 saturated carbocycles. The van der Waals surface area contributed by atoms with Gasteiger partial charge in [0.15, 0.2) is 0 Å². The first-order valence-corrected chi connectivity index (χ1v) is 8.51. The fourth-order valence-electron chi connectivity index (χ4n) is 3.62. The molecule has 0 aromatic heterocycles. The summed E-state index contributed by atoms with van der Waals surface area (Å²) in [5, 5.41) is 1.50. The molecule has 26 heavy (non-hydrogen) atoms. The maximum Gasteiger partial charge on any atom is 0.324 e. The lowest BCUT2D eigenvalue weighted by Crippen LogP contribution is -2.42. The van der Waals surface area contributed by atoms with Crippen molar-refractivity contribution in [2.45, 2.75) is 18.1 Å². The number of hydrazine groups is 1. The topological polar surface area (TPSA) is 64.8 Å². The van der Waals surface area contributed by atoms with Crippen molar-refractivity contribution in [3.05, 3.63) is 66.2 Å². The molecule has 2 N–H and O–H groups in total. The van der Waals surface area contributed by atoms with E-state index in [1.165, 1.54) is 12.1 Å². The van der Waals surface area contributed by atoms with E-state index in [1.54, 1.807) is 7.11 Å². The van der Waals surface area contributed by atoms with Crippen molar-refractivity contribution in [1.82, 2.24) is 5.01 Å². The standard InChI is InChI=1S/C21H24N2O3/c1-4-15-7-5-6-8-18(15)16-9-11-17(12-10-16)21(26-3)13-19(20(24)25-2)23(22)14-21/h4-12,19H,1,13-14,22H2,2-3H3. The van der Waals surface area contributed by atoms with E-state index >= 15 is 0 Å². The molecule has 1 saturated heterocycles. The van der Waals surface area contributed by atoms with Crippen molar-refractivity contribution in [2.24, 2.45) is 5.84 Å². The molecule has 0 spiro atoms. The number of hydrogen-bond acceptors (Lipinski definition) is 5. The number of carbonyl (C=O) groups excluding carboxylic acids is 1. The van der Waals surface area contributed by atoms with Crippen LogP contribution in [-0.2, 0) is 19.9 Å². The van der Waals surface area contributed by atoms with Crippen LogP contribution in [0, 0.1) is 0 Å². The third-order valence-electron chi connectivity index (χ3n) is 5.13. The smallest absolute Gasteiger partial charge is 0.324 e. The van der Waals surface area contributed by atoms with Crippen LogP contribution in [0.2, 0.25) is 0 Å². The van der Waals surface area contributed by atoms with Gasteiger partial charge in [-0.25, -0.2) is 5.01 Å². The molecule has 3 rings (SSSR count). The first kappa shape index (κ1) is 18.3. The van der Waals surface area contributed by atoms with E-state index in [4.69, 9.17) is 15.3 Å². The maximum atomic E-state index is 12.0. The van der Waals surface area contributed by atoms with Gasteiger partial charge in [0.2, 0.25) is 0 Å². The number of carbonyl (C=O) groups is 1. The molecule has 1 heterocycles. The van der Waals surface area contributed by atoms with E-state index in [2.05, 4.69) is 24.8 Å². The highest BCUT2D eigenvalue weighted by molar-refractivity contribution is 5.77. The molecule has 2 aromatic carbocycles. The van der Waals surface area contributed by atoms with Crippen molar-refractivity contribution < 1.29 is 14.3 Å². The van der Waals surface area contributed by atoms with Crippen LogP contribution in [0.5, 0.6) is 0 Å². The van der Waals surface area contributed by atoms with Gasteiger partial charge in [0, 0.05) is 20.1 Å². The van der Waals surface area contributed by atoms with Crippen molar-refractivity contribution in [3.8, 4) is 11.1 Å². The number of nitrogens with two attached hydrogens (primary N) is 1. The second-order valence-electron chi connectivity index (χ2n) is 6.48. The molecule has 0 radical (unpaired) electrons. The summed E-state index contributed by atoms with van der Waals surface area (Å²) >= 11 is 0. The van der Waals surface area contributed by atoms with E-state index in [0.717, 1.165) is 22.3 Å². The lowest BCUT2D eigenvalue weighted by Gasteiger charge is -2.28. The fourth-order valence-corrected chi connectivity index (χ4v) is 3.62. The summed E-state index contributed by atoms with van der Waals surface area (Å²) in [4.78, 5) is 12.0. The highest BCUT2D eigenvalue weighted by Crippen LogP contribution is 2.38. The van der Waals surface area contributed by atoms with Gasteiger partial charge in [0.1, 0.15) is 11.6 Å². The van der Waals surface area contributed by atoms with Gasteiger partial charge in [-0.2, -0.15) is 0 Å². The number of nitrogens with zero attached hydrogens (tertiary/aromatic N) is 1. The van der Waals surface area contributed by atoms with Gasteiger partial charge >= 0.3 is 5.97 Å². The summed E-state index contributed by atoms with van der Waals surface area (Å²) in [6, 6.07) is 15.8. The van der Waals surface area contributed by atoms with Gasteiger partial charge in [-0.05, 0) is 22.3 Å². The normalized spacial score (nSPS) is 23.0. The number of esters is 1. The van der Waals surface area contributed by atoms with Gasteiger partial charge in [-0.15, -0.1) is 0 Å². The Morgan fingerprint density at radius 2 is 1.92 bits per heavy atom. The number of methoxy groups -OCH3 is 2. The molecule has 1 fully saturated rings. The molecule has 0 aliphatic carbocycles. The van der Waals surface area contributed by atoms with E-state index in [-0.39, 0.29) is 5.97 Å². The van der Waals surface area contributed by atoms with E-state index < -0.39 is 11.6 Å². The van der Waals surface area contributed by atoms with Crippen LogP contribution < -0.4 is 5.84 Å². The molecule has 2 unspecified atom stereocenters. The SMILES string of the molecule is C=Cc1ccccc1-c1ccc(C2(OC)CC(C(=O)OC)N(N)C2)cc1. The van der Waals surface area contributed by atoms with Crippen LogP contribution in [-0.4, -0.2) is 37.8 Å². The monoisotopic (exact) mass is 352 g/mol. The summed E-state index contributed by atoms with van der Waals surface area (Å²) < 4.78 is 10.7. The Hall–Kier alpha value is -2.47. The van der Waals surface area contributed by atoms with Crippen LogP contribution >= 0.6 is 0 Å². The van der Waals surface area contributed by atoms with Crippen molar-refractivity contribution in [2.75, 3.05) is 20.8 Å². The van der Waals surface area contributed by atoms with Crippen LogP contribution in [0.1, 0.15) is 17.5 Å². The second kappa shape index (κ2) is 7.41. The van der Waals surface area contributed by atoms with Crippen LogP contribution in [0.15, 0.2) is 55.1 Å². The third-order valence-corrected chi connectivity index (χ3v) is 5.13. The Morgan fingerprint density at radius 3 is 2.54 bits per heavy atom. The molecule has 5 nitrogen and oxygen atoms in total. The number of hydrogen-bond donors (Lipinski definition) is 1. The minimum Gasteiger partial charge on any atom is -0.468 e. The Kier molecular flexibility index (Phi) is 5.23. The zero-order valence-corrected chi connectivity index (χ0v) is 15.1. The number of benzene rings is 2. The predicted molar refractivity (Wildman–Crippen MR) is 102 cm³/mol. The van der Waals surface area contributed by atoms with Crippen LogP contribution in [0.25, 0.3) is 17.2 Å². The fraction of sp³-hybridized carbons (Fsp3) is 0.286. The van der Waals surface area contributed by atoms with E-state index in [9.17, 15) is 4.79 Å². The summed E-state index contributed by atoms with van der Waals surface area (Å²) in [5.74, 6) is 5.70. The molecular weight excluding hydrogens is 328 g/mol. The Balaban J connectivity index is 1.92. The molecule has 0 amide bonds. The van der Waals surface area contributed by atoms with Crippen molar-refractivity contribution >= 4 is 12.0 Å². The van der Waals surface area contributed by atoms with Crippen molar-refractivity contribution in [1.29, 1.82) is 0 Å². The average Bonchev–Trinajstić information content (AvgIpc) is 3.05. The first-order chi connectivity index (χ1) is 12.5. The van der Waals surface area contributed by atoms with Gasteiger partial charge in [0.25, 0.3) is 0 Å². The molecule has 1 aliphatic rings. The largest absolute Gasteiger partial charge is 0.468 e. The van der Waals surface area contributed by atoms with E-state index in [0.29, 0.717) is 13.0 Å². The second-order valence-corrected chi connectivity index (χ2v) is 6.48. The van der Waals surface area contributed by atoms with Gasteiger partial charge in [0.05, 0.1) is 7.11 Å². The summed E-state index contributed by atoms with van der Waals surface area (Å²) in [6.45, 7) is 4.30. The molecule has 5 heteroatoms. The van der Waals surface area contributed by atoms with Gasteiger partial charge in [-0.3, -0.25) is 10.6 Å². The van der Waals surface area contributed by atoms with Crippen molar-refractivity contribution in [3.63, 3.8) is 0 Å². The lowest BCUT2D eigenvalue weighted by molar-refractivity contribution is -0.146. The number of rotatable bonds is 5. The number of ether oxygens (including phenoxy) is 2. The highest BCUT2D eigenvalue weighted by atomic mass is 16.5. The molecular formula is C21H24N2O3. The molecule has 136 valence electrons. The summed E-state index contributed by atoms with van der Waals surface area (Å²) in [7, 11) is 3.02. The molecule has 2 aromatic rings. The zero-order valence-electron chi connectivity index (χ0n) is 15.1. The highest BCUT2D eigenvalue weighted by Gasteiger charge is 2.48. The molecule has 0 bridgehead atoms. The third kappa shape index (κ3) is 3.17. The molecule has 1 aliphatic heterocycles. The average molecular weight is 352 g/mol. The Bertz CT molecular complexity index is 803. The first-order valence-electron chi connectivity index (χ1n) is 8.51. The molecule has 2 atom stereocenters. The Morgan fingerprint density at radius 1 is 1.23 bits per heavy atom.